The van der Waals surface area contributed by atoms with Gasteiger partial charge in [-0.3, -0.25) is 0 Å². The highest BCUT2D eigenvalue weighted by Gasteiger charge is 2.40. The van der Waals surface area contributed by atoms with Crippen molar-refractivity contribution < 1.29 is 27.9 Å². The second-order valence-electron chi connectivity index (χ2n) is 4.36. The highest BCUT2D eigenvalue weighted by atomic mass is 19.3. The summed E-state index contributed by atoms with van der Waals surface area (Å²) in [7, 11) is 0. The van der Waals surface area contributed by atoms with E-state index in [1.165, 1.54) is 0 Å². The van der Waals surface area contributed by atoms with E-state index in [0.717, 1.165) is 0 Å². The maximum atomic E-state index is 13.2. The molecule has 21 heavy (non-hydrogen) atoms. The predicted octanol–water partition coefficient (Wildman–Crippen LogP) is 3.20. The summed E-state index contributed by atoms with van der Waals surface area (Å²) in [5.41, 5.74) is 2.26. The zero-order chi connectivity index (χ0) is 15.7. The summed E-state index contributed by atoms with van der Waals surface area (Å²) in [6, 6.07) is 8.75. The highest BCUT2D eigenvalue weighted by Crippen LogP contribution is 2.22. The Kier molecular flexibility index (Phi) is 6.58. The van der Waals surface area contributed by atoms with Gasteiger partial charge in [-0.1, -0.05) is 43.7 Å². The second kappa shape index (κ2) is 8.18. The minimum Gasteiger partial charge on any atom is -0.443 e. The van der Waals surface area contributed by atoms with Crippen molar-refractivity contribution in [3.63, 3.8) is 0 Å². The Balaban J connectivity index is 2.30. The minimum absolute atomic E-state index is 0.0591. The largest absolute Gasteiger partial charge is 0.443 e. The van der Waals surface area contributed by atoms with E-state index in [0.29, 0.717) is 12.0 Å². The minimum atomic E-state index is -3.62. The summed E-state index contributed by atoms with van der Waals surface area (Å²) >= 11 is 0. The number of unbranched alkanes of at least 4 members (excludes halogenated alkanes) is 1. The molecule has 5 nitrogen and oxygen atoms in total. The average molecular weight is 301 g/mol. The Morgan fingerprint density at radius 1 is 1.24 bits per heavy atom. The van der Waals surface area contributed by atoms with Crippen LogP contribution in [0.2, 0.25) is 0 Å². The molecule has 0 saturated heterocycles. The van der Waals surface area contributed by atoms with E-state index in [-0.39, 0.29) is 13.0 Å². The highest BCUT2D eigenvalue weighted by molar-refractivity contribution is 5.79. The maximum absolute atomic E-state index is 13.2. The summed E-state index contributed by atoms with van der Waals surface area (Å²) in [4.78, 5) is 26.4. The van der Waals surface area contributed by atoms with Crippen LogP contribution in [0.15, 0.2) is 30.3 Å². The van der Waals surface area contributed by atoms with Gasteiger partial charge in [0.15, 0.2) is 0 Å². The topological polar surface area (TPSA) is 64.6 Å². The molecule has 116 valence electrons. The molecule has 0 bridgehead atoms. The number of ether oxygens (including phenoxy) is 1. The summed E-state index contributed by atoms with van der Waals surface area (Å²) in [6.45, 7) is 1.66. The predicted molar refractivity (Wildman–Crippen MR) is 70.3 cm³/mol. The molecule has 0 radical (unpaired) electrons. The van der Waals surface area contributed by atoms with Gasteiger partial charge >= 0.3 is 18.0 Å². The van der Waals surface area contributed by atoms with Crippen LogP contribution in [0.1, 0.15) is 31.7 Å². The lowest BCUT2D eigenvalue weighted by molar-refractivity contribution is -0.179. The lowest BCUT2D eigenvalue weighted by Gasteiger charge is -2.14. The molecule has 0 aromatic heterocycles. The van der Waals surface area contributed by atoms with Crippen LogP contribution in [0.4, 0.5) is 13.6 Å². The monoisotopic (exact) mass is 301 g/mol. The molecule has 0 unspecified atom stereocenters. The second-order valence-corrected chi connectivity index (χ2v) is 4.36. The zero-order valence-electron chi connectivity index (χ0n) is 11.6. The van der Waals surface area contributed by atoms with Gasteiger partial charge in [-0.05, 0) is 12.0 Å². The van der Waals surface area contributed by atoms with Crippen LogP contribution >= 0.6 is 0 Å². The first-order chi connectivity index (χ1) is 9.95. The molecule has 0 heterocycles. The van der Waals surface area contributed by atoms with Crippen LogP contribution in [0.3, 0.4) is 0 Å². The number of carbonyl (C=O) groups is 2. The van der Waals surface area contributed by atoms with E-state index in [2.05, 4.69) is 4.84 Å². The van der Waals surface area contributed by atoms with Crippen LogP contribution in [0, 0.1) is 0 Å². The third-order valence-corrected chi connectivity index (χ3v) is 2.58. The average Bonchev–Trinajstić information content (AvgIpc) is 2.49. The van der Waals surface area contributed by atoms with Crippen molar-refractivity contribution >= 4 is 12.1 Å². The van der Waals surface area contributed by atoms with Gasteiger partial charge in [0.1, 0.15) is 6.61 Å². The van der Waals surface area contributed by atoms with Crippen molar-refractivity contribution in [3.05, 3.63) is 35.9 Å². The fraction of sp³-hybridized carbons (Fsp3) is 0.429. The van der Waals surface area contributed by atoms with Gasteiger partial charge in [-0.2, -0.15) is 8.78 Å². The van der Waals surface area contributed by atoms with Crippen LogP contribution in [0.25, 0.3) is 0 Å². The number of hydroxylamine groups is 1. The number of hydrogen-bond donors (Lipinski definition) is 1. The van der Waals surface area contributed by atoms with E-state index in [1.807, 2.05) is 0 Å². The molecule has 0 spiro atoms. The van der Waals surface area contributed by atoms with Crippen LogP contribution in [-0.4, -0.2) is 18.0 Å². The molecule has 1 N–H and O–H groups in total. The Bertz CT molecular complexity index is 465. The van der Waals surface area contributed by atoms with Gasteiger partial charge < -0.3 is 9.57 Å². The number of hydrogen-bond acceptors (Lipinski definition) is 4. The maximum Gasteiger partial charge on any atom is 0.441 e. The quantitative estimate of drug-likeness (QED) is 0.819. The van der Waals surface area contributed by atoms with E-state index < -0.39 is 24.4 Å². The van der Waals surface area contributed by atoms with E-state index in [1.54, 1.807) is 42.7 Å². The molecule has 1 rings (SSSR count). The van der Waals surface area contributed by atoms with Crippen molar-refractivity contribution in [2.75, 3.05) is 0 Å². The lowest BCUT2D eigenvalue weighted by atomic mass is 10.1. The van der Waals surface area contributed by atoms with Crippen molar-refractivity contribution in [2.45, 2.75) is 38.7 Å². The zero-order valence-corrected chi connectivity index (χ0v) is 11.6. The number of rotatable bonds is 6. The number of benzene rings is 1. The molecule has 0 saturated carbocycles. The van der Waals surface area contributed by atoms with Crippen LogP contribution in [-0.2, 0) is 21.0 Å². The summed E-state index contributed by atoms with van der Waals surface area (Å²) in [5.74, 6) is -5.42. The van der Waals surface area contributed by atoms with E-state index in [4.69, 9.17) is 4.74 Å². The van der Waals surface area contributed by atoms with Gasteiger partial charge in [-0.15, -0.1) is 5.48 Å². The van der Waals surface area contributed by atoms with Crippen molar-refractivity contribution in [3.8, 4) is 0 Å². The number of halogens is 2. The Morgan fingerprint density at radius 3 is 2.52 bits per heavy atom. The fourth-order valence-corrected chi connectivity index (χ4v) is 1.42. The van der Waals surface area contributed by atoms with Crippen LogP contribution in [0.5, 0.6) is 0 Å². The Morgan fingerprint density at radius 2 is 1.90 bits per heavy atom. The van der Waals surface area contributed by atoms with Gasteiger partial charge in [0.25, 0.3) is 0 Å². The number of carbonyl (C=O) groups excluding carboxylic acids is 2. The fourth-order valence-electron chi connectivity index (χ4n) is 1.42. The van der Waals surface area contributed by atoms with E-state index >= 15 is 0 Å². The van der Waals surface area contributed by atoms with Gasteiger partial charge in [0.2, 0.25) is 0 Å². The number of amides is 1. The number of nitrogens with one attached hydrogen (secondary N) is 1. The van der Waals surface area contributed by atoms with Gasteiger partial charge in [0, 0.05) is 6.42 Å². The third kappa shape index (κ3) is 6.20. The molecular weight excluding hydrogens is 284 g/mol. The summed E-state index contributed by atoms with van der Waals surface area (Å²) in [5, 5.41) is 0. The Hall–Kier alpha value is -2.18. The molecule has 1 aromatic carbocycles. The summed E-state index contributed by atoms with van der Waals surface area (Å²) in [6.07, 6.45) is -1.03. The van der Waals surface area contributed by atoms with Crippen molar-refractivity contribution in [1.82, 2.24) is 5.48 Å². The normalized spacial score (nSPS) is 10.8. The molecule has 0 fully saturated rings. The molecular formula is C14H17F2NO4. The van der Waals surface area contributed by atoms with Crippen molar-refractivity contribution in [1.29, 1.82) is 0 Å². The SMILES string of the molecule is CCCCC(F)(F)C(=O)ONC(=O)OCc1ccccc1. The first-order valence-corrected chi connectivity index (χ1v) is 6.51. The molecule has 0 aliphatic carbocycles. The first kappa shape index (κ1) is 16.9. The molecule has 0 atom stereocenters. The molecule has 7 heteroatoms. The molecule has 1 aromatic rings. The smallest absolute Gasteiger partial charge is 0.441 e. The molecule has 1 amide bonds. The van der Waals surface area contributed by atoms with Crippen LogP contribution < -0.4 is 5.48 Å². The number of alkyl halides is 2. The van der Waals surface area contributed by atoms with Gasteiger partial charge in [-0.25, -0.2) is 9.59 Å². The van der Waals surface area contributed by atoms with E-state index in [9.17, 15) is 18.4 Å². The standard InChI is InChI=1S/C14H17F2NO4/c1-2-3-9-14(15,16)12(18)21-17-13(19)20-10-11-7-5-4-6-8-11/h4-8H,2-3,9-10H2,1H3,(H,17,19). The lowest BCUT2D eigenvalue weighted by Crippen LogP contribution is -2.37. The first-order valence-electron chi connectivity index (χ1n) is 6.51. The van der Waals surface area contributed by atoms with Crippen molar-refractivity contribution in [2.24, 2.45) is 0 Å². The van der Waals surface area contributed by atoms with Gasteiger partial charge in [0.05, 0.1) is 0 Å². The third-order valence-electron chi connectivity index (χ3n) is 2.58. The summed E-state index contributed by atoms with van der Waals surface area (Å²) < 4.78 is 31.2. The molecule has 0 aliphatic heterocycles. The molecule has 0 aliphatic rings. The Labute approximate surface area is 121 Å².